The van der Waals surface area contributed by atoms with Crippen molar-refractivity contribution in [1.29, 1.82) is 0 Å². The number of rotatable bonds is 4. The molecule has 1 aliphatic rings. The first-order valence-electron chi connectivity index (χ1n) is 8.81. The summed E-state index contributed by atoms with van der Waals surface area (Å²) in [5.74, 6) is 0. The smallest absolute Gasteiger partial charge is 0.416 e. The van der Waals surface area contributed by atoms with Gasteiger partial charge in [0.2, 0.25) is 0 Å². The Bertz CT molecular complexity index is 897. The van der Waals surface area contributed by atoms with E-state index in [-0.39, 0.29) is 0 Å². The number of fused-ring (bicyclic) bond motifs is 1. The van der Waals surface area contributed by atoms with Crippen LogP contribution < -0.4 is 5.32 Å². The van der Waals surface area contributed by atoms with E-state index in [0.29, 0.717) is 49.8 Å². The van der Waals surface area contributed by atoms with Crippen LogP contribution in [0.2, 0.25) is 0 Å². The van der Waals surface area contributed by atoms with Crippen LogP contribution >= 0.6 is 0 Å². The number of nitrogens with zero attached hydrogens (tertiary/aromatic N) is 1. The highest BCUT2D eigenvalue weighted by Gasteiger charge is 2.37. The molecule has 27 heavy (non-hydrogen) atoms. The van der Waals surface area contributed by atoms with Gasteiger partial charge in [0.25, 0.3) is 6.01 Å². The van der Waals surface area contributed by atoms with Crippen molar-refractivity contribution >= 4 is 17.1 Å². The van der Waals surface area contributed by atoms with Gasteiger partial charge in [0.15, 0.2) is 5.58 Å². The molecular formula is C20H19F3N2O2. The summed E-state index contributed by atoms with van der Waals surface area (Å²) in [6.07, 6.45) is -3.11. The number of hydrogen-bond acceptors (Lipinski definition) is 4. The molecule has 0 spiro atoms. The van der Waals surface area contributed by atoms with Gasteiger partial charge in [-0.15, -0.1) is 0 Å². The number of oxazole rings is 1. The topological polar surface area (TPSA) is 47.3 Å². The average molecular weight is 376 g/mol. The molecular weight excluding hydrogens is 357 g/mol. The number of ether oxygens (including phenoxy) is 1. The molecule has 0 radical (unpaired) electrons. The van der Waals surface area contributed by atoms with Crippen LogP contribution in [-0.4, -0.2) is 24.7 Å². The van der Waals surface area contributed by atoms with Crippen molar-refractivity contribution in [3.05, 3.63) is 59.7 Å². The van der Waals surface area contributed by atoms with E-state index in [9.17, 15) is 13.2 Å². The van der Waals surface area contributed by atoms with Gasteiger partial charge in [-0.2, -0.15) is 18.2 Å². The van der Waals surface area contributed by atoms with E-state index in [4.69, 9.17) is 9.15 Å². The minimum Gasteiger partial charge on any atom is -0.424 e. The number of hydrogen-bond donors (Lipinski definition) is 1. The highest BCUT2D eigenvalue weighted by Crippen LogP contribution is 2.38. The predicted molar refractivity (Wildman–Crippen MR) is 95.7 cm³/mol. The van der Waals surface area contributed by atoms with Crippen molar-refractivity contribution in [2.45, 2.75) is 24.4 Å². The van der Waals surface area contributed by atoms with E-state index in [1.54, 1.807) is 6.07 Å². The van der Waals surface area contributed by atoms with Crippen molar-refractivity contribution in [3.8, 4) is 0 Å². The number of halogens is 3. The Balaban J connectivity index is 1.62. The van der Waals surface area contributed by atoms with E-state index in [2.05, 4.69) is 10.3 Å². The van der Waals surface area contributed by atoms with E-state index >= 15 is 0 Å². The van der Waals surface area contributed by atoms with Crippen LogP contribution in [0.25, 0.3) is 11.1 Å². The molecule has 1 fully saturated rings. The number of anilines is 1. The molecule has 0 aliphatic carbocycles. The van der Waals surface area contributed by atoms with Gasteiger partial charge in [0, 0.05) is 25.2 Å². The summed E-state index contributed by atoms with van der Waals surface area (Å²) in [5, 5.41) is 3.19. The number of para-hydroxylation sites is 2. The summed E-state index contributed by atoms with van der Waals surface area (Å²) < 4.78 is 50.6. The molecule has 3 aromatic rings. The Morgan fingerprint density at radius 3 is 2.56 bits per heavy atom. The molecule has 1 aliphatic heterocycles. The van der Waals surface area contributed by atoms with Gasteiger partial charge in [-0.25, -0.2) is 0 Å². The average Bonchev–Trinajstić information content (AvgIpc) is 3.10. The SMILES string of the molecule is FC(F)(F)c1cccc(C2(CNc3nc4ccccc4o3)CCOCC2)c1. The lowest BCUT2D eigenvalue weighted by Crippen LogP contribution is -2.40. The van der Waals surface area contributed by atoms with Crippen LogP contribution in [0.1, 0.15) is 24.0 Å². The zero-order chi connectivity index (χ0) is 18.9. The fourth-order valence-corrected chi connectivity index (χ4v) is 3.55. The molecule has 1 N–H and O–H groups in total. The van der Waals surface area contributed by atoms with Crippen molar-refractivity contribution < 1.29 is 22.3 Å². The third-order valence-electron chi connectivity index (χ3n) is 5.12. The van der Waals surface area contributed by atoms with Crippen LogP contribution in [0.5, 0.6) is 0 Å². The number of benzene rings is 2. The quantitative estimate of drug-likeness (QED) is 0.696. The molecule has 1 saturated heterocycles. The van der Waals surface area contributed by atoms with Crippen molar-refractivity contribution in [2.75, 3.05) is 25.1 Å². The third-order valence-corrected chi connectivity index (χ3v) is 5.12. The Hall–Kier alpha value is -2.54. The van der Waals surface area contributed by atoms with Gasteiger partial charge in [-0.3, -0.25) is 0 Å². The Labute approximate surface area is 154 Å². The minimum absolute atomic E-state index is 0.369. The van der Waals surface area contributed by atoms with Crippen LogP contribution in [0.4, 0.5) is 19.2 Å². The summed E-state index contributed by atoms with van der Waals surface area (Å²) in [5.41, 5.74) is 0.956. The highest BCUT2D eigenvalue weighted by atomic mass is 19.4. The molecule has 0 bridgehead atoms. The summed E-state index contributed by atoms with van der Waals surface area (Å²) >= 11 is 0. The molecule has 0 saturated carbocycles. The summed E-state index contributed by atoms with van der Waals surface area (Å²) in [7, 11) is 0. The predicted octanol–water partition coefficient (Wildman–Crippen LogP) is 5.01. The Kier molecular flexibility index (Phi) is 4.55. The van der Waals surface area contributed by atoms with Gasteiger partial charge in [0.1, 0.15) is 5.52 Å². The molecule has 2 heterocycles. The van der Waals surface area contributed by atoms with Crippen molar-refractivity contribution in [2.24, 2.45) is 0 Å². The second-order valence-corrected chi connectivity index (χ2v) is 6.81. The van der Waals surface area contributed by atoms with Crippen LogP contribution in [0.15, 0.2) is 52.9 Å². The number of nitrogens with one attached hydrogen (secondary N) is 1. The molecule has 0 unspecified atom stereocenters. The highest BCUT2D eigenvalue weighted by molar-refractivity contribution is 5.74. The number of aromatic nitrogens is 1. The lowest BCUT2D eigenvalue weighted by Gasteiger charge is -2.38. The summed E-state index contributed by atoms with van der Waals surface area (Å²) in [4.78, 5) is 4.39. The maximum atomic E-state index is 13.2. The van der Waals surface area contributed by atoms with Crippen LogP contribution in [0, 0.1) is 0 Å². The zero-order valence-corrected chi connectivity index (χ0v) is 14.6. The lowest BCUT2D eigenvalue weighted by atomic mass is 9.73. The van der Waals surface area contributed by atoms with Gasteiger partial charge in [0.05, 0.1) is 5.56 Å². The molecule has 4 nitrogen and oxygen atoms in total. The lowest BCUT2D eigenvalue weighted by molar-refractivity contribution is -0.137. The van der Waals surface area contributed by atoms with Gasteiger partial charge < -0.3 is 14.5 Å². The van der Waals surface area contributed by atoms with Gasteiger partial charge >= 0.3 is 6.18 Å². The van der Waals surface area contributed by atoms with E-state index in [1.807, 2.05) is 24.3 Å². The molecule has 4 rings (SSSR count). The van der Waals surface area contributed by atoms with E-state index in [1.165, 1.54) is 12.1 Å². The van der Waals surface area contributed by atoms with E-state index in [0.717, 1.165) is 11.6 Å². The van der Waals surface area contributed by atoms with Crippen molar-refractivity contribution in [3.63, 3.8) is 0 Å². The largest absolute Gasteiger partial charge is 0.424 e. The maximum absolute atomic E-state index is 13.2. The summed E-state index contributed by atoms with van der Waals surface area (Å²) in [6.45, 7) is 1.43. The molecule has 0 amide bonds. The molecule has 142 valence electrons. The Morgan fingerprint density at radius 1 is 1.04 bits per heavy atom. The van der Waals surface area contributed by atoms with Crippen LogP contribution in [-0.2, 0) is 16.3 Å². The fraction of sp³-hybridized carbons (Fsp3) is 0.350. The molecule has 2 aromatic carbocycles. The maximum Gasteiger partial charge on any atom is 0.416 e. The fourth-order valence-electron chi connectivity index (χ4n) is 3.55. The molecule has 0 atom stereocenters. The standard InChI is InChI=1S/C20H19F3N2O2/c21-20(22,23)15-5-3-4-14(12-15)19(8-10-26-11-9-19)13-24-18-25-16-6-1-2-7-17(16)27-18/h1-7,12H,8-11,13H2,(H,24,25). The Morgan fingerprint density at radius 2 is 1.81 bits per heavy atom. The normalized spacial score (nSPS) is 17.1. The van der Waals surface area contributed by atoms with Gasteiger partial charge in [-0.1, -0.05) is 30.3 Å². The van der Waals surface area contributed by atoms with Crippen LogP contribution in [0.3, 0.4) is 0 Å². The summed E-state index contributed by atoms with van der Waals surface area (Å²) in [6, 6.07) is 13.4. The first-order chi connectivity index (χ1) is 13.0. The molecule has 7 heteroatoms. The van der Waals surface area contributed by atoms with E-state index < -0.39 is 17.2 Å². The first-order valence-corrected chi connectivity index (χ1v) is 8.81. The monoisotopic (exact) mass is 376 g/mol. The first kappa shape index (κ1) is 17.9. The van der Waals surface area contributed by atoms with Crippen molar-refractivity contribution in [1.82, 2.24) is 4.98 Å². The third kappa shape index (κ3) is 3.64. The second kappa shape index (κ2) is 6.88. The zero-order valence-electron chi connectivity index (χ0n) is 14.6. The van der Waals surface area contributed by atoms with Gasteiger partial charge in [-0.05, 0) is 36.6 Å². The number of alkyl halides is 3. The minimum atomic E-state index is -4.36. The molecule has 1 aromatic heterocycles. The second-order valence-electron chi connectivity index (χ2n) is 6.81.